The third-order valence-corrected chi connectivity index (χ3v) is 4.33. The van der Waals surface area contributed by atoms with Crippen LogP contribution in [0, 0.1) is 18.3 Å². The molecular formula is C19H20N2. The third kappa shape index (κ3) is 2.99. The summed E-state index contributed by atoms with van der Waals surface area (Å²) < 4.78 is 0. The summed E-state index contributed by atoms with van der Waals surface area (Å²) in [6.07, 6.45) is 10.2. The van der Waals surface area contributed by atoms with Gasteiger partial charge in [0.25, 0.3) is 0 Å². The molecule has 1 aromatic carbocycles. The average Bonchev–Trinajstić information content (AvgIpc) is 2.72. The van der Waals surface area contributed by atoms with Crippen LogP contribution in [0.3, 0.4) is 0 Å². The molecule has 2 heteroatoms. The summed E-state index contributed by atoms with van der Waals surface area (Å²) in [5.74, 6) is 0. The lowest BCUT2D eigenvalue weighted by atomic mass is 9.94. The van der Waals surface area contributed by atoms with Crippen LogP contribution in [-0.4, -0.2) is 18.0 Å². The number of benzene rings is 1. The lowest BCUT2D eigenvalue weighted by Gasteiger charge is -2.30. The van der Waals surface area contributed by atoms with Gasteiger partial charge < -0.3 is 0 Å². The number of hydrogen-bond acceptors (Lipinski definition) is 2. The fourth-order valence-corrected chi connectivity index (χ4v) is 3.16. The fraction of sp³-hybridized carbons (Fsp3) is 0.316. The predicted molar refractivity (Wildman–Crippen MR) is 85.7 cm³/mol. The molecule has 0 unspecified atom stereocenters. The van der Waals surface area contributed by atoms with E-state index in [2.05, 4.69) is 54.3 Å². The van der Waals surface area contributed by atoms with Crippen LogP contribution in [-0.2, 0) is 13.0 Å². The molecule has 0 aromatic heterocycles. The molecule has 2 nitrogen and oxygen atoms in total. The molecule has 0 bridgehead atoms. The van der Waals surface area contributed by atoms with E-state index in [9.17, 15) is 5.26 Å². The van der Waals surface area contributed by atoms with E-state index in [1.165, 1.54) is 16.7 Å². The quantitative estimate of drug-likeness (QED) is 0.823. The van der Waals surface area contributed by atoms with Crippen molar-refractivity contribution in [2.45, 2.75) is 26.3 Å². The molecular weight excluding hydrogens is 256 g/mol. The predicted octanol–water partition coefficient (Wildman–Crippen LogP) is 3.69. The van der Waals surface area contributed by atoms with Crippen molar-refractivity contribution in [2.75, 3.05) is 13.1 Å². The van der Waals surface area contributed by atoms with Crippen molar-refractivity contribution in [3.8, 4) is 6.07 Å². The molecule has 1 heterocycles. The van der Waals surface area contributed by atoms with Gasteiger partial charge in [0.2, 0.25) is 0 Å². The van der Waals surface area contributed by atoms with Crippen LogP contribution >= 0.6 is 0 Å². The summed E-state index contributed by atoms with van der Waals surface area (Å²) in [6, 6.07) is 8.91. The van der Waals surface area contributed by atoms with E-state index >= 15 is 0 Å². The summed E-state index contributed by atoms with van der Waals surface area (Å²) in [7, 11) is 0. The molecule has 1 aromatic rings. The van der Waals surface area contributed by atoms with Crippen LogP contribution < -0.4 is 0 Å². The van der Waals surface area contributed by atoms with Crippen molar-refractivity contribution in [1.29, 1.82) is 5.26 Å². The highest BCUT2D eigenvalue weighted by atomic mass is 15.1. The number of nitrogens with zero attached hydrogens (tertiary/aromatic N) is 2. The van der Waals surface area contributed by atoms with Crippen molar-refractivity contribution in [3.63, 3.8) is 0 Å². The van der Waals surface area contributed by atoms with Gasteiger partial charge in [0.05, 0.1) is 11.6 Å². The molecule has 0 spiro atoms. The van der Waals surface area contributed by atoms with Gasteiger partial charge in [-0.1, -0.05) is 42.5 Å². The second kappa shape index (κ2) is 6.11. The van der Waals surface area contributed by atoms with Gasteiger partial charge in [-0.15, -0.1) is 0 Å². The van der Waals surface area contributed by atoms with Gasteiger partial charge in [0.15, 0.2) is 0 Å². The highest BCUT2D eigenvalue weighted by Gasteiger charge is 2.19. The maximum absolute atomic E-state index is 9.30. The molecule has 2 aliphatic rings. The first-order chi connectivity index (χ1) is 10.3. The van der Waals surface area contributed by atoms with E-state index < -0.39 is 0 Å². The molecule has 0 fully saturated rings. The van der Waals surface area contributed by atoms with Gasteiger partial charge in [-0.05, 0) is 42.0 Å². The van der Waals surface area contributed by atoms with Gasteiger partial charge in [-0.2, -0.15) is 5.26 Å². The normalized spacial score (nSPS) is 18.3. The molecule has 0 saturated heterocycles. The van der Waals surface area contributed by atoms with Crippen LogP contribution in [0.1, 0.15) is 23.1 Å². The molecule has 1 aliphatic carbocycles. The van der Waals surface area contributed by atoms with Crippen LogP contribution in [0.4, 0.5) is 0 Å². The Morgan fingerprint density at radius 1 is 1.33 bits per heavy atom. The zero-order valence-corrected chi connectivity index (χ0v) is 12.5. The Balaban J connectivity index is 1.77. The smallest absolute Gasteiger partial charge is 0.0991 e. The summed E-state index contributed by atoms with van der Waals surface area (Å²) in [5, 5.41) is 9.30. The Labute approximate surface area is 126 Å². The van der Waals surface area contributed by atoms with Crippen molar-refractivity contribution in [3.05, 3.63) is 70.3 Å². The first-order valence-electron chi connectivity index (χ1n) is 7.54. The second-order valence-electron chi connectivity index (χ2n) is 5.76. The standard InChI is InChI=1S/C19H20N2/c1-15-6-5-9-18-14-21(11-10-19(15)18)13-17-8-4-2-3-7-16(17)12-20/h2,4-9H,3,10-11,13-14H2,1H3. The SMILES string of the molecule is Cc1cccc2c1CCN(CC1=CC=CCC=C1C#N)C2. The lowest BCUT2D eigenvalue weighted by molar-refractivity contribution is 0.277. The monoisotopic (exact) mass is 276 g/mol. The molecule has 1 aliphatic heterocycles. The topological polar surface area (TPSA) is 27.0 Å². The molecule has 0 N–H and O–H groups in total. The fourth-order valence-electron chi connectivity index (χ4n) is 3.16. The number of hydrogen-bond donors (Lipinski definition) is 0. The molecule has 0 atom stereocenters. The van der Waals surface area contributed by atoms with Gasteiger partial charge in [0.1, 0.15) is 0 Å². The summed E-state index contributed by atoms with van der Waals surface area (Å²) in [6.45, 7) is 5.11. The van der Waals surface area contributed by atoms with Gasteiger partial charge >= 0.3 is 0 Å². The summed E-state index contributed by atoms with van der Waals surface area (Å²) in [4.78, 5) is 2.44. The van der Waals surface area contributed by atoms with E-state index in [1.807, 2.05) is 6.08 Å². The first-order valence-corrected chi connectivity index (χ1v) is 7.54. The number of allylic oxidation sites excluding steroid dienone is 4. The average molecular weight is 276 g/mol. The molecule has 3 rings (SSSR count). The second-order valence-corrected chi connectivity index (χ2v) is 5.76. The molecule has 21 heavy (non-hydrogen) atoms. The highest BCUT2D eigenvalue weighted by Crippen LogP contribution is 2.24. The minimum Gasteiger partial charge on any atom is -0.294 e. The highest BCUT2D eigenvalue weighted by molar-refractivity contribution is 5.46. The van der Waals surface area contributed by atoms with Crippen LogP contribution in [0.15, 0.2) is 53.6 Å². The van der Waals surface area contributed by atoms with Gasteiger partial charge in [-0.25, -0.2) is 0 Å². The Morgan fingerprint density at radius 2 is 2.24 bits per heavy atom. The zero-order valence-electron chi connectivity index (χ0n) is 12.5. The molecule has 0 amide bonds. The number of nitriles is 1. The maximum Gasteiger partial charge on any atom is 0.0991 e. The van der Waals surface area contributed by atoms with Crippen molar-refractivity contribution in [2.24, 2.45) is 0 Å². The van der Waals surface area contributed by atoms with E-state index in [4.69, 9.17) is 0 Å². The number of aryl methyl sites for hydroxylation is 1. The summed E-state index contributed by atoms with van der Waals surface area (Å²) in [5.41, 5.74) is 6.33. The summed E-state index contributed by atoms with van der Waals surface area (Å²) >= 11 is 0. The van der Waals surface area contributed by atoms with Gasteiger partial charge in [-0.3, -0.25) is 4.90 Å². The first kappa shape index (κ1) is 13.9. The Hall–Kier alpha value is -2.11. The third-order valence-electron chi connectivity index (χ3n) is 4.33. The lowest BCUT2D eigenvalue weighted by Crippen LogP contribution is -2.32. The van der Waals surface area contributed by atoms with E-state index in [-0.39, 0.29) is 0 Å². The van der Waals surface area contributed by atoms with Crippen molar-refractivity contribution >= 4 is 0 Å². The number of fused-ring (bicyclic) bond motifs is 1. The van der Waals surface area contributed by atoms with Gasteiger partial charge in [0, 0.05) is 19.6 Å². The Kier molecular flexibility index (Phi) is 4.03. The van der Waals surface area contributed by atoms with E-state index in [1.54, 1.807) is 0 Å². The van der Waals surface area contributed by atoms with Crippen molar-refractivity contribution in [1.82, 2.24) is 4.90 Å². The van der Waals surface area contributed by atoms with Crippen LogP contribution in [0.5, 0.6) is 0 Å². The minimum atomic E-state index is 0.829. The van der Waals surface area contributed by atoms with Crippen LogP contribution in [0.2, 0.25) is 0 Å². The maximum atomic E-state index is 9.30. The largest absolute Gasteiger partial charge is 0.294 e. The van der Waals surface area contributed by atoms with E-state index in [0.29, 0.717) is 0 Å². The Bertz CT molecular complexity index is 671. The molecule has 0 saturated carbocycles. The molecule has 0 radical (unpaired) electrons. The minimum absolute atomic E-state index is 0.829. The van der Waals surface area contributed by atoms with Crippen molar-refractivity contribution < 1.29 is 0 Å². The van der Waals surface area contributed by atoms with E-state index in [0.717, 1.165) is 43.6 Å². The Morgan fingerprint density at radius 3 is 3.10 bits per heavy atom. The van der Waals surface area contributed by atoms with Crippen LogP contribution in [0.25, 0.3) is 0 Å². The molecule has 106 valence electrons. The number of rotatable bonds is 2. The zero-order chi connectivity index (χ0) is 14.7.